The van der Waals surface area contributed by atoms with E-state index in [0.29, 0.717) is 12.4 Å². The van der Waals surface area contributed by atoms with Crippen LogP contribution in [0.25, 0.3) is 0 Å². The van der Waals surface area contributed by atoms with Gasteiger partial charge in [0.1, 0.15) is 24.0 Å². The third-order valence-corrected chi connectivity index (χ3v) is 2.56. The number of aromatic nitrogens is 2. The van der Waals surface area contributed by atoms with E-state index in [9.17, 15) is 0 Å². The van der Waals surface area contributed by atoms with Gasteiger partial charge in [0.05, 0.1) is 6.26 Å². The van der Waals surface area contributed by atoms with E-state index in [-0.39, 0.29) is 0 Å². The number of ether oxygens (including phenoxy) is 1. The van der Waals surface area contributed by atoms with Crippen molar-refractivity contribution in [1.29, 1.82) is 0 Å². The van der Waals surface area contributed by atoms with E-state index in [1.54, 1.807) is 13.4 Å². The molecule has 0 fully saturated rings. The fraction of sp³-hybridized carbons (Fsp3) is 0.385. The number of hydrogen-bond acceptors (Lipinski definition) is 6. The van der Waals surface area contributed by atoms with Crippen LogP contribution in [-0.2, 0) is 17.8 Å². The Morgan fingerprint density at radius 2 is 2.16 bits per heavy atom. The van der Waals surface area contributed by atoms with Gasteiger partial charge in [-0.3, -0.25) is 0 Å². The molecule has 0 radical (unpaired) electrons. The molecule has 0 aliphatic carbocycles. The summed E-state index contributed by atoms with van der Waals surface area (Å²) in [7, 11) is 3.45. The molecule has 6 heteroatoms. The maximum atomic E-state index is 5.27. The Labute approximate surface area is 112 Å². The summed E-state index contributed by atoms with van der Waals surface area (Å²) < 4.78 is 10.3. The molecule has 0 aliphatic heterocycles. The lowest BCUT2D eigenvalue weighted by Crippen LogP contribution is -2.09. The zero-order chi connectivity index (χ0) is 13.5. The van der Waals surface area contributed by atoms with Crippen molar-refractivity contribution in [1.82, 2.24) is 9.97 Å². The van der Waals surface area contributed by atoms with Crippen molar-refractivity contribution < 1.29 is 9.15 Å². The fourth-order valence-corrected chi connectivity index (χ4v) is 1.68. The van der Waals surface area contributed by atoms with Crippen molar-refractivity contribution in [2.75, 3.05) is 31.3 Å². The minimum absolute atomic E-state index is 0.391. The van der Waals surface area contributed by atoms with Crippen molar-refractivity contribution in [3.05, 3.63) is 36.0 Å². The summed E-state index contributed by atoms with van der Waals surface area (Å²) in [6.45, 7) is 1.14. The van der Waals surface area contributed by atoms with Crippen molar-refractivity contribution in [3.63, 3.8) is 0 Å². The van der Waals surface area contributed by atoms with E-state index < -0.39 is 0 Å². The zero-order valence-corrected chi connectivity index (χ0v) is 11.1. The number of hydrogen-bond donors (Lipinski definition) is 2. The van der Waals surface area contributed by atoms with Gasteiger partial charge in [0.15, 0.2) is 5.82 Å². The first-order chi connectivity index (χ1) is 9.31. The summed E-state index contributed by atoms with van der Waals surface area (Å²) in [5.41, 5.74) is 0. The average Bonchev–Trinajstić information content (AvgIpc) is 2.92. The second-order valence-electron chi connectivity index (χ2n) is 3.99. The van der Waals surface area contributed by atoms with Crippen LogP contribution in [0.2, 0.25) is 0 Å². The molecule has 0 atom stereocenters. The Morgan fingerprint density at radius 3 is 2.84 bits per heavy atom. The predicted molar refractivity (Wildman–Crippen MR) is 73.2 cm³/mol. The second kappa shape index (κ2) is 6.75. The molecule has 0 amide bonds. The van der Waals surface area contributed by atoms with Crippen LogP contribution in [0.4, 0.5) is 11.6 Å². The van der Waals surface area contributed by atoms with Gasteiger partial charge >= 0.3 is 0 Å². The lowest BCUT2D eigenvalue weighted by molar-refractivity contribution is 0.178. The van der Waals surface area contributed by atoms with Crippen LogP contribution >= 0.6 is 0 Å². The molecule has 6 nitrogen and oxygen atoms in total. The van der Waals surface area contributed by atoms with Gasteiger partial charge in [-0.1, -0.05) is 0 Å². The first-order valence-electron chi connectivity index (χ1n) is 6.12. The zero-order valence-electron chi connectivity index (χ0n) is 11.1. The highest BCUT2D eigenvalue weighted by Gasteiger charge is 2.04. The molecule has 19 heavy (non-hydrogen) atoms. The minimum atomic E-state index is 0.391. The summed E-state index contributed by atoms with van der Waals surface area (Å²) in [5.74, 6) is 3.14. The molecule has 0 unspecified atom stereocenters. The SMILES string of the molecule is CNc1cc(NCCc2ccco2)nc(COC)n1. The molecule has 0 aromatic carbocycles. The van der Waals surface area contributed by atoms with E-state index in [1.807, 2.05) is 25.2 Å². The van der Waals surface area contributed by atoms with Gasteiger partial charge in [0.25, 0.3) is 0 Å². The highest BCUT2D eigenvalue weighted by atomic mass is 16.5. The third-order valence-electron chi connectivity index (χ3n) is 2.56. The fourth-order valence-electron chi connectivity index (χ4n) is 1.68. The monoisotopic (exact) mass is 262 g/mol. The lowest BCUT2D eigenvalue weighted by Gasteiger charge is -2.09. The number of anilines is 2. The smallest absolute Gasteiger partial charge is 0.158 e. The Hall–Kier alpha value is -2.08. The molecule has 2 heterocycles. The average molecular weight is 262 g/mol. The van der Waals surface area contributed by atoms with Gasteiger partial charge in [0.2, 0.25) is 0 Å². The van der Waals surface area contributed by atoms with Crippen molar-refractivity contribution in [3.8, 4) is 0 Å². The first kappa shape index (κ1) is 13.4. The van der Waals surface area contributed by atoms with Gasteiger partial charge in [-0.25, -0.2) is 9.97 Å². The highest BCUT2D eigenvalue weighted by molar-refractivity contribution is 5.47. The molecule has 0 saturated heterocycles. The maximum Gasteiger partial charge on any atom is 0.158 e. The number of nitrogens with one attached hydrogen (secondary N) is 2. The molecule has 102 valence electrons. The van der Waals surface area contributed by atoms with E-state index in [1.165, 1.54) is 0 Å². The van der Waals surface area contributed by atoms with Crippen LogP contribution in [0, 0.1) is 0 Å². The molecule has 2 N–H and O–H groups in total. The van der Waals surface area contributed by atoms with Crippen molar-refractivity contribution in [2.45, 2.75) is 13.0 Å². The molecule has 0 bridgehead atoms. The van der Waals surface area contributed by atoms with Gasteiger partial charge < -0.3 is 19.8 Å². The summed E-state index contributed by atoms with van der Waals surface area (Å²) in [5, 5.41) is 6.25. The quantitative estimate of drug-likeness (QED) is 0.794. The Morgan fingerprint density at radius 1 is 1.32 bits per heavy atom. The minimum Gasteiger partial charge on any atom is -0.469 e. The topological polar surface area (TPSA) is 72.2 Å². The molecular formula is C13H18N4O2. The Kier molecular flexibility index (Phi) is 4.74. The Balaban J connectivity index is 1.96. The van der Waals surface area contributed by atoms with Gasteiger partial charge in [-0.2, -0.15) is 0 Å². The lowest BCUT2D eigenvalue weighted by atomic mass is 10.3. The number of nitrogens with zero attached hydrogens (tertiary/aromatic N) is 2. The molecule has 0 spiro atoms. The van der Waals surface area contributed by atoms with Gasteiger partial charge in [0, 0.05) is 33.2 Å². The van der Waals surface area contributed by atoms with E-state index in [2.05, 4.69) is 20.6 Å². The second-order valence-corrected chi connectivity index (χ2v) is 3.99. The Bertz CT molecular complexity index is 499. The van der Waals surface area contributed by atoms with Crippen LogP contribution in [-0.4, -0.2) is 30.7 Å². The largest absolute Gasteiger partial charge is 0.469 e. The number of furan rings is 1. The standard InChI is InChI=1S/C13H18N4O2/c1-14-11-8-12(17-13(16-11)9-18-2)15-6-5-10-4-3-7-19-10/h3-4,7-8H,5-6,9H2,1-2H3,(H2,14,15,16,17). The highest BCUT2D eigenvalue weighted by Crippen LogP contribution is 2.11. The van der Waals surface area contributed by atoms with Crippen LogP contribution in [0.15, 0.2) is 28.9 Å². The molecule has 0 aliphatic rings. The molecule has 2 aromatic heterocycles. The van der Waals surface area contributed by atoms with Gasteiger partial charge in [-0.05, 0) is 12.1 Å². The van der Waals surface area contributed by atoms with Crippen LogP contribution in [0.3, 0.4) is 0 Å². The molecular weight excluding hydrogens is 244 g/mol. The molecule has 0 saturated carbocycles. The predicted octanol–water partition coefficient (Wildman–Crippen LogP) is 1.91. The molecule has 2 rings (SSSR count). The van der Waals surface area contributed by atoms with Crippen molar-refractivity contribution >= 4 is 11.6 Å². The maximum absolute atomic E-state index is 5.27. The van der Waals surface area contributed by atoms with E-state index >= 15 is 0 Å². The summed E-state index contributed by atoms with van der Waals surface area (Å²) in [6.07, 6.45) is 2.49. The van der Waals surface area contributed by atoms with Crippen LogP contribution < -0.4 is 10.6 Å². The van der Waals surface area contributed by atoms with Crippen LogP contribution in [0.5, 0.6) is 0 Å². The first-order valence-corrected chi connectivity index (χ1v) is 6.12. The van der Waals surface area contributed by atoms with Gasteiger partial charge in [-0.15, -0.1) is 0 Å². The summed E-state index contributed by atoms with van der Waals surface area (Å²) in [6, 6.07) is 5.70. The third kappa shape index (κ3) is 3.96. The summed E-state index contributed by atoms with van der Waals surface area (Å²) >= 11 is 0. The molecule has 2 aromatic rings. The van der Waals surface area contributed by atoms with Crippen molar-refractivity contribution in [2.24, 2.45) is 0 Å². The number of methoxy groups -OCH3 is 1. The summed E-state index contributed by atoms with van der Waals surface area (Å²) in [4.78, 5) is 8.67. The van der Waals surface area contributed by atoms with E-state index in [4.69, 9.17) is 9.15 Å². The van der Waals surface area contributed by atoms with Crippen LogP contribution in [0.1, 0.15) is 11.6 Å². The van der Waals surface area contributed by atoms with E-state index in [0.717, 1.165) is 30.4 Å². The normalized spacial score (nSPS) is 10.4. The number of rotatable bonds is 7.